The third kappa shape index (κ3) is 1.99. The highest BCUT2D eigenvalue weighted by Gasteiger charge is 2.08. The Bertz CT molecular complexity index is 445. The molecule has 80 valence electrons. The van der Waals surface area contributed by atoms with Crippen LogP contribution in [0.25, 0.3) is 0 Å². The van der Waals surface area contributed by atoms with Crippen molar-refractivity contribution in [1.29, 1.82) is 0 Å². The van der Waals surface area contributed by atoms with Crippen molar-refractivity contribution in [1.82, 2.24) is 19.4 Å². The summed E-state index contributed by atoms with van der Waals surface area (Å²) in [5.74, 6) is 0. The minimum atomic E-state index is 0.698. The number of aromatic nitrogens is 4. The van der Waals surface area contributed by atoms with Crippen molar-refractivity contribution < 1.29 is 0 Å². The van der Waals surface area contributed by atoms with Crippen LogP contribution in [0.2, 0.25) is 0 Å². The molecular formula is C9H13N5S. The van der Waals surface area contributed by atoms with Crippen LogP contribution in [0.1, 0.15) is 17.1 Å². The van der Waals surface area contributed by atoms with Crippen molar-refractivity contribution >= 4 is 17.2 Å². The minimum Gasteiger partial charge on any atom is -0.376 e. The highest BCUT2D eigenvalue weighted by atomic mass is 32.1. The van der Waals surface area contributed by atoms with E-state index in [1.54, 1.807) is 0 Å². The molecule has 0 amide bonds. The van der Waals surface area contributed by atoms with Crippen LogP contribution in [0.3, 0.4) is 0 Å². The summed E-state index contributed by atoms with van der Waals surface area (Å²) in [5.41, 5.74) is 4.20. The van der Waals surface area contributed by atoms with Crippen LogP contribution in [0.15, 0.2) is 5.38 Å². The second-order valence-corrected chi connectivity index (χ2v) is 4.03. The van der Waals surface area contributed by atoms with E-state index < -0.39 is 0 Å². The van der Waals surface area contributed by atoms with Gasteiger partial charge in [-0.2, -0.15) is 5.10 Å². The lowest BCUT2D eigenvalue weighted by molar-refractivity contribution is 0.731. The number of rotatable bonds is 3. The molecule has 0 unspecified atom stereocenters. The topological polar surface area (TPSA) is 55.6 Å². The molecule has 2 rings (SSSR count). The fourth-order valence-corrected chi connectivity index (χ4v) is 1.92. The van der Waals surface area contributed by atoms with Gasteiger partial charge in [0.2, 0.25) is 0 Å². The van der Waals surface area contributed by atoms with Crippen LogP contribution in [0.5, 0.6) is 0 Å². The van der Waals surface area contributed by atoms with Crippen molar-refractivity contribution in [2.45, 2.75) is 20.4 Å². The maximum absolute atomic E-state index is 4.33. The monoisotopic (exact) mass is 223 g/mol. The highest BCUT2D eigenvalue weighted by Crippen LogP contribution is 2.18. The first kappa shape index (κ1) is 10.1. The summed E-state index contributed by atoms with van der Waals surface area (Å²) < 4.78 is 5.69. The zero-order chi connectivity index (χ0) is 10.8. The smallest absolute Gasteiger partial charge is 0.0946 e. The van der Waals surface area contributed by atoms with Gasteiger partial charge in [-0.1, -0.05) is 4.49 Å². The Labute approximate surface area is 92.3 Å². The van der Waals surface area contributed by atoms with Gasteiger partial charge in [-0.25, -0.2) is 0 Å². The Morgan fingerprint density at radius 1 is 1.47 bits per heavy atom. The molecule has 2 aromatic heterocycles. The fourth-order valence-electron chi connectivity index (χ4n) is 1.47. The summed E-state index contributed by atoms with van der Waals surface area (Å²) in [6.07, 6.45) is 0. The zero-order valence-electron chi connectivity index (χ0n) is 8.98. The number of nitrogens with zero attached hydrogens (tertiary/aromatic N) is 4. The van der Waals surface area contributed by atoms with E-state index in [4.69, 9.17) is 0 Å². The number of anilines is 1. The molecule has 2 heterocycles. The molecule has 15 heavy (non-hydrogen) atoms. The van der Waals surface area contributed by atoms with E-state index in [1.165, 1.54) is 11.5 Å². The largest absolute Gasteiger partial charge is 0.376 e. The van der Waals surface area contributed by atoms with Gasteiger partial charge >= 0.3 is 0 Å². The van der Waals surface area contributed by atoms with Gasteiger partial charge in [-0.3, -0.25) is 4.68 Å². The van der Waals surface area contributed by atoms with E-state index >= 15 is 0 Å². The normalized spacial score (nSPS) is 10.6. The molecule has 6 heteroatoms. The summed E-state index contributed by atoms with van der Waals surface area (Å²) in [7, 11) is 1.94. The SMILES string of the molecule is Cc1nn(C)c(C)c1NCc1csnn1. The number of hydrogen-bond acceptors (Lipinski definition) is 5. The standard InChI is InChI=1S/C9H13N5S/c1-6-9(7(2)14(3)12-6)10-4-8-5-15-13-11-8/h5,10H,4H2,1-3H3. The van der Waals surface area contributed by atoms with E-state index in [0.717, 1.165) is 22.8 Å². The van der Waals surface area contributed by atoms with Crippen molar-refractivity contribution in [3.05, 3.63) is 22.5 Å². The van der Waals surface area contributed by atoms with Crippen molar-refractivity contribution in [3.63, 3.8) is 0 Å². The first-order chi connectivity index (χ1) is 7.18. The summed E-state index contributed by atoms with van der Waals surface area (Å²) in [6.45, 7) is 4.74. The van der Waals surface area contributed by atoms with Crippen LogP contribution < -0.4 is 5.32 Å². The molecule has 0 fully saturated rings. The van der Waals surface area contributed by atoms with E-state index in [1.807, 2.05) is 31.0 Å². The molecule has 0 spiro atoms. The lowest BCUT2D eigenvalue weighted by Crippen LogP contribution is -2.02. The van der Waals surface area contributed by atoms with Gasteiger partial charge in [0, 0.05) is 12.4 Å². The number of aryl methyl sites for hydroxylation is 2. The Morgan fingerprint density at radius 3 is 2.80 bits per heavy atom. The molecular weight excluding hydrogens is 210 g/mol. The summed E-state index contributed by atoms with van der Waals surface area (Å²) in [4.78, 5) is 0. The van der Waals surface area contributed by atoms with E-state index in [-0.39, 0.29) is 0 Å². The molecule has 1 N–H and O–H groups in total. The molecule has 0 aliphatic heterocycles. The van der Waals surface area contributed by atoms with Crippen LogP contribution in [0.4, 0.5) is 5.69 Å². The molecule has 0 aromatic carbocycles. The Balaban J connectivity index is 2.11. The average molecular weight is 223 g/mol. The van der Waals surface area contributed by atoms with E-state index in [2.05, 4.69) is 20.0 Å². The molecule has 0 aliphatic carbocycles. The summed E-state index contributed by atoms with van der Waals surface area (Å²) >= 11 is 1.37. The van der Waals surface area contributed by atoms with Crippen LogP contribution in [-0.2, 0) is 13.6 Å². The first-order valence-corrected chi connectivity index (χ1v) is 5.52. The van der Waals surface area contributed by atoms with Gasteiger partial charge in [-0.05, 0) is 25.4 Å². The van der Waals surface area contributed by atoms with Gasteiger partial charge in [0.15, 0.2) is 0 Å². The third-order valence-electron chi connectivity index (χ3n) is 2.36. The Morgan fingerprint density at radius 2 is 2.27 bits per heavy atom. The molecule has 0 saturated carbocycles. The molecule has 5 nitrogen and oxygen atoms in total. The minimum absolute atomic E-state index is 0.698. The quantitative estimate of drug-likeness (QED) is 0.856. The van der Waals surface area contributed by atoms with Gasteiger partial charge in [-0.15, -0.1) is 5.10 Å². The maximum atomic E-state index is 4.33. The number of hydrogen-bond donors (Lipinski definition) is 1. The van der Waals surface area contributed by atoms with Crippen molar-refractivity contribution in [2.24, 2.45) is 7.05 Å². The lowest BCUT2D eigenvalue weighted by atomic mass is 10.3. The molecule has 0 saturated heterocycles. The van der Waals surface area contributed by atoms with Crippen LogP contribution in [0, 0.1) is 13.8 Å². The summed E-state index contributed by atoms with van der Waals surface area (Å²) in [5, 5.41) is 13.6. The molecule has 0 aliphatic rings. The molecule has 2 aromatic rings. The summed E-state index contributed by atoms with van der Waals surface area (Å²) in [6, 6.07) is 0. The van der Waals surface area contributed by atoms with Crippen LogP contribution >= 0.6 is 11.5 Å². The van der Waals surface area contributed by atoms with Crippen LogP contribution in [-0.4, -0.2) is 19.4 Å². The molecule has 0 bridgehead atoms. The highest BCUT2D eigenvalue weighted by molar-refractivity contribution is 7.03. The molecule has 0 atom stereocenters. The fraction of sp³-hybridized carbons (Fsp3) is 0.444. The number of nitrogens with one attached hydrogen (secondary N) is 1. The Hall–Kier alpha value is -1.43. The predicted octanol–water partition coefficient (Wildman–Crippen LogP) is 1.50. The van der Waals surface area contributed by atoms with Gasteiger partial charge < -0.3 is 5.32 Å². The van der Waals surface area contributed by atoms with Crippen molar-refractivity contribution in [3.8, 4) is 0 Å². The zero-order valence-corrected chi connectivity index (χ0v) is 9.80. The maximum Gasteiger partial charge on any atom is 0.0946 e. The third-order valence-corrected chi connectivity index (χ3v) is 2.91. The lowest BCUT2D eigenvalue weighted by Gasteiger charge is -2.03. The average Bonchev–Trinajstić information content (AvgIpc) is 2.76. The van der Waals surface area contributed by atoms with E-state index in [0.29, 0.717) is 6.54 Å². The predicted molar refractivity (Wildman–Crippen MR) is 59.9 cm³/mol. The first-order valence-electron chi connectivity index (χ1n) is 4.68. The second-order valence-electron chi connectivity index (χ2n) is 3.42. The van der Waals surface area contributed by atoms with Gasteiger partial charge in [0.05, 0.1) is 29.3 Å². The van der Waals surface area contributed by atoms with Gasteiger partial charge in [0.25, 0.3) is 0 Å². The van der Waals surface area contributed by atoms with Gasteiger partial charge in [0.1, 0.15) is 0 Å². The van der Waals surface area contributed by atoms with E-state index in [9.17, 15) is 0 Å². The Kier molecular flexibility index (Phi) is 2.68. The van der Waals surface area contributed by atoms with Crippen molar-refractivity contribution in [2.75, 3.05) is 5.32 Å². The molecule has 0 radical (unpaired) electrons. The second kappa shape index (κ2) is 3.98.